The van der Waals surface area contributed by atoms with Gasteiger partial charge in [-0.2, -0.15) is 0 Å². The molecule has 0 saturated carbocycles. The van der Waals surface area contributed by atoms with Crippen LogP contribution >= 0.6 is 0 Å². The summed E-state index contributed by atoms with van der Waals surface area (Å²) in [6, 6.07) is 9.41. The molecule has 2 aromatic rings. The maximum atomic E-state index is 11.8. The van der Waals surface area contributed by atoms with Crippen LogP contribution < -0.4 is 9.47 Å². The molecular weight excluding hydrogens is 332 g/mol. The number of carbonyl (C=O) groups is 1. The van der Waals surface area contributed by atoms with E-state index >= 15 is 0 Å². The Morgan fingerprint density at radius 1 is 1.27 bits per heavy atom. The zero-order valence-electron chi connectivity index (χ0n) is 15.1. The number of aromatic carboxylic acids is 1. The Bertz CT molecular complexity index is 764. The number of aromatic nitrogens is 1. The Labute approximate surface area is 153 Å². The first kappa shape index (κ1) is 18.2. The molecule has 1 fully saturated rings. The van der Waals surface area contributed by atoms with Gasteiger partial charge < -0.3 is 14.6 Å². The third-order valence-corrected chi connectivity index (χ3v) is 4.87. The highest BCUT2D eigenvalue weighted by molar-refractivity contribution is 5.91. The van der Waals surface area contributed by atoms with Crippen LogP contribution in [0.4, 0.5) is 0 Å². The molecule has 0 spiro atoms. The molecule has 1 aliphatic heterocycles. The first-order valence-corrected chi connectivity index (χ1v) is 8.77. The highest BCUT2D eigenvalue weighted by atomic mass is 16.5. The minimum absolute atomic E-state index is 0.179. The molecular formula is C20H24N2O4. The average Bonchev–Trinajstić information content (AvgIpc) is 2.69. The number of carboxylic acid groups (broad SMARTS) is 1. The summed E-state index contributed by atoms with van der Waals surface area (Å²) in [6.07, 6.45) is 5.05. The van der Waals surface area contributed by atoms with Gasteiger partial charge in [-0.1, -0.05) is 12.5 Å². The first-order chi connectivity index (χ1) is 12.6. The fraction of sp³-hybridized carbons (Fsp3) is 0.400. The van der Waals surface area contributed by atoms with Crippen LogP contribution in [0.15, 0.2) is 36.5 Å². The molecule has 0 amide bonds. The number of hydrogen-bond donors (Lipinski definition) is 1. The number of ether oxygens (including phenoxy) is 2. The molecule has 1 N–H and O–H groups in total. The van der Waals surface area contributed by atoms with Crippen LogP contribution in [0.3, 0.4) is 0 Å². The maximum Gasteiger partial charge on any atom is 0.336 e. The average molecular weight is 356 g/mol. The van der Waals surface area contributed by atoms with Crippen molar-refractivity contribution in [3.05, 3.63) is 53.3 Å². The summed E-state index contributed by atoms with van der Waals surface area (Å²) in [6.45, 7) is 1.39. The van der Waals surface area contributed by atoms with E-state index in [1.54, 1.807) is 25.4 Å². The van der Waals surface area contributed by atoms with Crippen LogP contribution in [-0.2, 0) is 6.54 Å². The number of nitrogens with zero attached hydrogens (tertiary/aromatic N) is 2. The van der Waals surface area contributed by atoms with Crippen LogP contribution in [0, 0.1) is 0 Å². The predicted octanol–water partition coefficient (Wildman–Crippen LogP) is 3.52. The van der Waals surface area contributed by atoms with E-state index in [0.29, 0.717) is 23.6 Å². The van der Waals surface area contributed by atoms with Gasteiger partial charge >= 0.3 is 5.97 Å². The molecule has 1 atom stereocenters. The van der Waals surface area contributed by atoms with Crippen molar-refractivity contribution in [1.29, 1.82) is 0 Å². The topological polar surface area (TPSA) is 71.9 Å². The van der Waals surface area contributed by atoms with E-state index in [-0.39, 0.29) is 11.6 Å². The van der Waals surface area contributed by atoms with Crippen molar-refractivity contribution in [3.8, 4) is 11.5 Å². The van der Waals surface area contributed by atoms with Crippen LogP contribution in [0.1, 0.15) is 46.9 Å². The van der Waals surface area contributed by atoms with E-state index in [2.05, 4.69) is 9.88 Å². The van der Waals surface area contributed by atoms with Gasteiger partial charge in [0.05, 0.1) is 31.5 Å². The molecule has 138 valence electrons. The van der Waals surface area contributed by atoms with Crippen molar-refractivity contribution in [2.24, 2.45) is 0 Å². The summed E-state index contributed by atoms with van der Waals surface area (Å²) >= 11 is 0. The Morgan fingerprint density at radius 3 is 2.77 bits per heavy atom. The van der Waals surface area contributed by atoms with Crippen molar-refractivity contribution >= 4 is 5.97 Å². The van der Waals surface area contributed by atoms with Gasteiger partial charge in [-0.25, -0.2) is 4.79 Å². The van der Waals surface area contributed by atoms with Crippen LogP contribution in [-0.4, -0.2) is 41.7 Å². The smallest absolute Gasteiger partial charge is 0.336 e. The lowest BCUT2D eigenvalue weighted by molar-refractivity contribution is 0.0690. The molecule has 1 saturated heterocycles. The van der Waals surface area contributed by atoms with E-state index < -0.39 is 5.97 Å². The summed E-state index contributed by atoms with van der Waals surface area (Å²) in [4.78, 5) is 18.6. The lowest BCUT2D eigenvalue weighted by atomic mass is 9.96. The first-order valence-electron chi connectivity index (χ1n) is 8.77. The Kier molecular flexibility index (Phi) is 5.73. The Hall–Kier alpha value is -2.60. The molecule has 6 heteroatoms. The predicted molar refractivity (Wildman–Crippen MR) is 97.7 cm³/mol. The van der Waals surface area contributed by atoms with E-state index in [1.807, 2.05) is 18.2 Å². The summed E-state index contributed by atoms with van der Waals surface area (Å²) in [7, 11) is 3.07. The standard InChI is InChI=1S/C20H24N2O4/c1-25-14-11-15(20(23)24)16(19(12-14)26-2)13-22-10-6-4-8-18(22)17-7-3-5-9-21-17/h3,5,7,9,11-12,18H,4,6,8,10,13H2,1-2H3,(H,23,24)/t18-/m1/s1. The molecule has 3 rings (SSSR count). The number of pyridine rings is 1. The largest absolute Gasteiger partial charge is 0.497 e. The van der Waals surface area contributed by atoms with Gasteiger partial charge in [-0.05, 0) is 37.6 Å². The second kappa shape index (κ2) is 8.19. The van der Waals surface area contributed by atoms with Crippen molar-refractivity contribution in [1.82, 2.24) is 9.88 Å². The van der Waals surface area contributed by atoms with Gasteiger partial charge in [0.25, 0.3) is 0 Å². The molecule has 26 heavy (non-hydrogen) atoms. The quantitative estimate of drug-likeness (QED) is 0.854. The summed E-state index contributed by atoms with van der Waals surface area (Å²) < 4.78 is 10.7. The summed E-state index contributed by atoms with van der Waals surface area (Å²) in [5, 5.41) is 9.68. The van der Waals surface area contributed by atoms with Gasteiger partial charge in [0.2, 0.25) is 0 Å². The summed E-state index contributed by atoms with van der Waals surface area (Å²) in [5.74, 6) is 0.0265. The van der Waals surface area contributed by atoms with Gasteiger partial charge in [0, 0.05) is 24.4 Å². The number of hydrogen-bond acceptors (Lipinski definition) is 5. The second-order valence-corrected chi connectivity index (χ2v) is 6.40. The highest BCUT2D eigenvalue weighted by Gasteiger charge is 2.28. The van der Waals surface area contributed by atoms with E-state index in [9.17, 15) is 9.90 Å². The molecule has 2 heterocycles. The minimum atomic E-state index is -0.983. The fourth-order valence-electron chi connectivity index (χ4n) is 3.57. The number of piperidine rings is 1. The van der Waals surface area contributed by atoms with Crippen LogP contribution in [0.2, 0.25) is 0 Å². The maximum absolute atomic E-state index is 11.8. The van der Waals surface area contributed by atoms with Crippen LogP contribution in [0.25, 0.3) is 0 Å². The molecule has 1 aliphatic rings. The lowest BCUT2D eigenvalue weighted by Gasteiger charge is -2.36. The van der Waals surface area contributed by atoms with Gasteiger partial charge in [-0.3, -0.25) is 9.88 Å². The van der Waals surface area contributed by atoms with Gasteiger partial charge in [-0.15, -0.1) is 0 Å². The zero-order valence-corrected chi connectivity index (χ0v) is 15.1. The van der Waals surface area contributed by atoms with Crippen molar-refractivity contribution < 1.29 is 19.4 Å². The molecule has 1 aromatic heterocycles. The molecule has 0 unspecified atom stereocenters. The molecule has 0 aliphatic carbocycles. The number of carboxylic acids is 1. The number of benzene rings is 1. The number of rotatable bonds is 6. The number of methoxy groups -OCH3 is 2. The summed E-state index contributed by atoms with van der Waals surface area (Å²) in [5.41, 5.74) is 1.91. The normalized spacial score (nSPS) is 17.7. The van der Waals surface area contributed by atoms with Gasteiger partial charge in [0.15, 0.2) is 0 Å². The fourth-order valence-corrected chi connectivity index (χ4v) is 3.57. The van der Waals surface area contributed by atoms with Crippen LogP contribution in [0.5, 0.6) is 11.5 Å². The highest BCUT2D eigenvalue weighted by Crippen LogP contribution is 2.35. The molecule has 6 nitrogen and oxygen atoms in total. The van der Waals surface area contributed by atoms with Gasteiger partial charge in [0.1, 0.15) is 11.5 Å². The second-order valence-electron chi connectivity index (χ2n) is 6.40. The van der Waals surface area contributed by atoms with E-state index in [0.717, 1.165) is 31.5 Å². The molecule has 0 radical (unpaired) electrons. The monoisotopic (exact) mass is 356 g/mol. The SMILES string of the molecule is COc1cc(OC)c(CN2CCCC[C@@H]2c2ccccn2)c(C(=O)O)c1. The van der Waals surface area contributed by atoms with E-state index in [4.69, 9.17) is 9.47 Å². The Morgan fingerprint density at radius 2 is 2.12 bits per heavy atom. The number of likely N-dealkylation sites (tertiary alicyclic amines) is 1. The Balaban J connectivity index is 1.97. The lowest BCUT2D eigenvalue weighted by Crippen LogP contribution is -2.34. The molecule has 1 aromatic carbocycles. The van der Waals surface area contributed by atoms with E-state index in [1.165, 1.54) is 7.11 Å². The minimum Gasteiger partial charge on any atom is -0.497 e. The third-order valence-electron chi connectivity index (χ3n) is 4.87. The van der Waals surface area contributed by atoms with Crippen molar-refractivity contribution in [2.75, 3.05) is 20.8 Å². The zero-order chi connectivity index (χ0) is 18.5. The van der Waals surface area contributed by atoms with Crippen molar-refractivity contribution in [3.63, 3.8) is 0 Å². The molecule has 0 bridgehead atoms. The third kappa shape index (κ3) is 3.80. The van der Waals surface area contributed by atoms with Crippen molar-refractivity contribution in [2.45, 2.75) is 31.8 Å².